The van der Waals surface area contributed by atoms with Crippen LogP contribution in [0.4, 0.5) is 0 Å². The first-order valence-electron chi connectivity index (χ1n) is 8.38. The fourth-order valence-electron chi connectivity index (χ4n) is 3.65. The molecule has 1 rings (SSSR count). The van der Waals surface area contributed by atoms with E-state index in [1.165, 1.54) is 12.3 Å². The molecular weight excluding hydrogens is 378 g/mol. The van der Waals surface area contributed by atoms with Gasteiger partial charge in [-0.25, -0.2) is 0 Å². The van der Waals surface area contributed by atoms with Crippen molar-refractivity contribution in [3.63, 3.8) is 0 Å². The Hall–Kier alpha value is 1.20. The van der Waals surface area contributed by atoms with Gasteiger partial charge in [-0.05, 0) is 0 Å². The molecule has 0 aromatic carbocycles. The van der Waals surface area contributed by atoms with E-state index in [1.54, 1.807) is 20.6 Å². The van der Waals surface area contributed by atoms with Gasteiger partial charge in [0.2, 0.25) is 0 Å². The summed E-state index contributed by atoms with van der Waals surface area (Å²) in [5.74, 6) is 1.64. The Kier molecular flexibility index (Phi) is 11.9. The summed E-state index contributed by atoms with van der Waals surface area (Å²) in [5, 5.41) is 0. The summed E-state index contributed by atoms with van der Waals surface area (Å²) in [5.41, 5.74) is 5.80. The Labute approximate surface area is 170 Å². The van der Waals surface area contributed by atoms with Crippen molar-refractivity contribution < 1.29 is 20.4 Å². The summed E-state index contributed by atoms with van der Waals surface area (Å²) in [6.07, 6.45) is 2.84. The van der Waals surface area contributed by atoms with Crippen molar-refractivity contribution in [3.05, 3.63) is 20.6 Å². The summed E-state index contributed by atoms with van der Waals surface area (Å²) in [6, 6.07) is 0. The van der Waals surface area contributed by atoms with E-state index in [2.05, 4.69) is 82.7 Å². The second kappa shape index (κ2) is 10.4. The van der Waals surface area contributed by atoms with E-state index in [1.807, 2.05) is 0 Å². The van der Waals surface area contributed by atoms with Crippen molar-refractivity contribution in [1.82, 2.24) is 0 Å². The third-order valence-electron chi connectivity index (χ3n) is 5.38. The third-order valence-corrected chi connectivity index (χ3v) is 10.8. The molecule has 1 aliphatic carbocycles. The van der Waals surface area contributed by atoms with E-state index in [-0.39, 0.29) is 32.7 Å². The van der Waals surface area contributed by atoms with Crippen LogP contribution in [0, 0.1) is 17.3 Å². The summed E-state index contributed by atoms with van der Waals surface area (Å²) in [7, 11) is 0.0799. The van der Waals surface area contributed by atoms with Crippen molar-refractivity contribution >= 4 is 32.7 Å². The zero-order chi connectivity index (χ0) is 16.5. The standard InChI is InChI=1S/C19H34P.2ClH.Ti/c1-13(2)11-20(12-14(3)4)18(8)19(9)10-15(5)16(6)17(19)7;;;/h13-14,18H,11-12H2,1-9H3;2*1H;. The first-order valence-corrected chi connectivity index (χ1v) is 10.9. The Morgan fingerprint density at radius 1 is 0.870 bits per heavy atom. The van der Waals surface area contributed by atoms with Crippen LogP contribution in [0.15, 0.2) is 20.6 Å². The molecule has 0 saturated carbocycles. The summed E-state index contributed by atoms with van der Waals surface area (Å²) >= 11 is 2.38. The molecule has 0 nitrogen and oxygen atoms in total. The molecular formula is C19H36Cl2PTi. The topological polar surface area (TPSA) is 0 Å². The molecule has 0 radical (unpaired) electrons. The van der Waals surface area contributed by atoms with Gasteiger partial charge in [-0.2, -0.15) is 0 Å². The van der Waals surface area contributed by atoms with Gasteiger partial charge >= 0.3 is 147 Å². The van der Waals surface area contributed by atoms with Crippen LogP contribution >= 0.6 is 32.7 Å². The minimum absolute atomic E-state index is 0. The van der Waals surface area contributed by atoms with Crippen molar-refractivity contribution in [2.45, 2.75) is 68.0 Å². The fourth-order valence-corrected chi connectivity index (χ4v) is 8.48. The van der Waals surface area contributed by atoms with Crippen LogP contribution in [0.5, 0.6) is 0 Å². The molecule has 0 fully saturated rings. The number of hydrogen-bond donors (Lipinski definition) is 0. The van der Waals surface area contributed by atoms with Crippen LogP contribution in [-0.2, 0) is 20.4 Å². The first-order chi connectivity index (χ1) is 9.53. The monoisotopic (exact) mass is 413 g/mol. The molecule has 4 heteroatoms. The Morgan fingerprint density at radius 3 is 1.52 bits per heavy atom. The normalized spacial score (nSPS) is 22.7. The van der Waals surface area contributed by atoms with Crippen molar-refractivity contribution in [3.8, 4) is 0 Å². The molecule has 23 heavy (non-hydrogen) atoms. The molecule has 0 aromatic rings. The van der Waals surface area contributed by atoms with Gasteiger partial charge in [0.1, 0.15) is 0 Å². The number of rotatable bonds is 6. The van der Waals surface area contributed by atoms with Crippen LogP contribution in [0.3, 0.4) is 0 Å². The molecule has 0 N–H and O–H groups in total. The minimum atomic E-state index is 0. The van der Waals surface area contributed by atoms with Crippen molar-refractivity contribution in [1.29, 1.82) is 0 Å². The number of allylic oxidation sites excluding steroid dienone is 4. The summed E-state index contributed by atoms with van der Waals surface area (Å²) < 4.78 is 1.63. The average Bonchev–Trinajstić information content (AvgIpc) is 2.53. The van der Waals surface area contributed by atoms with Gasteiger partial charge in [-0.1, -0.05) is 0 Å². The number of hydrogen-bond acceptors (Lipinski definition) is 0. The van der Waals surface area contributed by atoms with E-state index >= 15 is 0 Å². The SMILES string of the molecule is CC1=C(C)C(C)(C(C)P(CC(C)C)CC(C)C)[C]([Ti])=C1C.Cl.Cl. The molecule has 1 aliphatic rings. The molecule has 135 valence electrons. The van der Waals surface area contributed by atoms with Gasteiger partial charge in [0.05, 0.1) is 0 Å². The van der Waals surface area contributed by atoms with Crippen LogP contribution in [-0.4, -0.2) is 18.0 Å². The van der Waals surface area contributed by atoms with Gasteiger partial charge in [0.15, 0.2) is 0 Å². The Bertz CT molecular complexity index is 418. The van der Waals surface area contributed by atoms with Gasteiger partial charge in [0.25, 0.3) is 0 Å². The van der Waals surface area contributed by atoms with Crippen LogP contribution in [0.2, 0.25) is 0 Å². The minimum Gasteiger partial charge on any atom is -0.147 e. The van der Waals surface area contributed by atoms with E-state index in [9.17, 15) is 0 Å². The molecule has 2 atom stereocenters. The molecule has 0 saturated heterocycles. The van der Waals surface area contributed by atoms with E-state index in [0.29, 0.717) is 5.41 Å². The van der Waals surface area contributed by atoms with Crippen molar-refractivity contribution in [2.24, 2.45) is 17.3 Å². The predicted molar refractivity (Wildman–Crippen MR) is 109 cm³/mol. The third kappa shape index (κ3) is 5.59. The largest absolute Gasteiger partial charge is 0.147 e. The fraction of sp³-hybridized carbons (Fsp3) is 0.789. The van der Waals surface area contributed by atoms with Gasteiger partial charge in [-0.15, -0.1) is 24.8 Å². The Balaban J connectivity index is 0. The molecule has 0 spiro atoms. The van der Waals surface area contributed by atoms with Crippen LogP contribution in [0.25, 0.3) is 0 Å². The Morgan fingerprint density at radius 2 is 1.26 bits per heavy atom. The van der Waals surface area contributed by atoms with E-state index < -0.39 is 0 Å². The molecule has 0 aromatic heterocycles. The predicted octanol–water partition coefficient (Wildman–Crippen LogP) is 7.19. The van der Waals surface area contributed by atoms with E-state index in [4.69, 9.17) is 0 Å². The maximum Gasteiger partial charge on any atom is -0.147 e. The van der Waals surface area contributed by atoms with Crippen LogP contribution in [0.1, 0.15) is 62.3 Å². The summed E-state index contributed by atoms with van der Waals surface area (Å²) in [6.45, 7) is 21.6. The molecule has 0 heterocycles. The molecule has 0 aliphatic heterocycles. The van der Waals surface area contributed by atoms with E-state index in [0.717, 1.165) is 17.5 Å². The second-order valence-corrected chi connectivity index (χ2v) is 11.3. The first kappa shape index (κ1) is 26.4. The smallest absolute Gasteiger partial charge is 0.147 e. The second-order valence-electron chi connectivity index (χ2n) is 7.87. The maximum atomic E-state index is 2.54. The molecule has 0 amide bonds. The molecule has 2 unspecified atom stereocenters. The van der Waals surface area contributed by atoms with Crippen LogP contribution < -0.4 is 0 Å². The average molecular weight is 414 g/mol. The van der Waals surface area contributed by atoms with Gasteiger partial charge in [0, 0.05) is 0 Å². The zero-order valence-corrected chi connectivity index (χ0v) is 20.5. The van der Waals surface area contributed by atoms with Crippen molar-refractivity contribution in [2.75, 3.05) is 12.3 Å². The number of halogens is 2. The molecule has 0 bridgehead atoms. The maximum absolute atomic E-state index is 2.54. The summed E-state index contributed by atoms with van der Waals surface area (Å²) in [4.78, 5) is 0. The zero-order valence-electron chi connectivity index (χ0n) is 16.4. The van der Waals surface area contributed by atoms with Gasteiger partial charge in [-0.3, -0.25) is 0 Å². The quantitative estimate of drug-likeness (QED) is 0.319. The van der Waals surface area contributed by atoms with Gasteiger partial charge < -0.3 is 0 Å².